The van der Waals surface area contributed by atoms with Gasteiger partial charge < -0.3 is 19.5 Å². The highest BCUT2D eigenvalue weighted by molar-refractivity contribution is 5.98. The van der Waals surface area contributed by atoms with Gasteiger partial charge in [0.1, 0.15) is 11.1 Å². The zero-order chi connectivity index (χ0) is 25.7. The predicted octanol–water partition coefficient (Wildman–Crippen LogP) is 4.27. The molecule has 0 aliphatic carbocycles. The summed E-state index contributed by atoms with van der Waals surface area (Å²) in [5, 5.41) is 3.57. The third-order valence-electron chi connectivity index (χ3n) is 7.10. The molecule has 1 fully saturated rings. The van der Waals surface area contributed by atoms with E-state index in [0.717, 1.165) is 61.2 Å². The Hall–Kier alpha value is -3.45. The summed E-state index contributed by atoms with van der Waals surface area (Å²) in [6, 6.07) is 15.1. The molecule has 36 heavy (non-hydrogen) atoms. The summed E-state index contributed by atoms with van der Waals surface area (Å²) in [5.41, 5.74) is 2.77. The number of likely N-dealkylation sites (tertiary alicyclic amines) is 1. The second-order valence-electron chi connectivity index (χ2n) is 9.44. The van der Waals surface area contributed by atoms with Crippen molar-refractivity contribution in [2.45, 2.75) is 33.6 Å². The Morgan fingerprint density at radius 1 is 1.03 bits per heavy atom. The molecular formula is C29H35N3O4. The summed E-state index contributed by atoms with van der Waals surface area (Å²) in [7, 11) is 0. The topological polar surface area (TPSA) is 82.9 Å². The smallest absolute Gasteiger partial charge is 0.349 e. The summed E-state index contributed by atoms with van der Waals surface area (Å²) >= 11 is 0. The maximum atomic E-state index is 12.8. The van der Waals surface area contributed by atoms with Gasteiger partial charge in [0, 0.05) is 54.8 Å². The third kappa shape index (κ3) is 5.85. The lowest BCUT2D eigenvalue weighted by Gasteiger charge is -2.31. The van der Waals surface area contributed by atoms with E-state index >= 15 is 0 Å². The molecular weight excluding hydrogens is 454 g/mol. The fourth-order valence-electron chi connectivity index (χ4n) is 4.84. The Kier molecular flexibility index (Phi) is 8.21. The van der Waals surface area contributed by atoms with E-state index in [1.54, 1.807) is 6.07 Å². The van der Waals surface area contributed by atoms with Crippen LogP contribution in [-0.2, 0) is 0 Å². The van der Waals surface area contributed by atoms with E-state index in [-0.39, 0.29) is 17.3 Å². The quantitative estimate of drug-likeness (QED) is 0.357. The number of hydrogen-bond donors (Lipinski definition) is 1. The Morgan fingerprint density at radius 2 is 1.72 bits per heavy atom. The maximum absolute atomic E-state index is 12.8. The van der Waals surface area contributed by atoms with E-state index in [2.05, 4.69) is 29.0 Å². The first-order valence-electron chi connectivity index (χ1n) is 12.8. The molecule has 1 aliphatic rings. The number of ketones is 1. The first-order valence-corrected chi connectivity index (χ1v) is 12.8. The number of aryl methyl sites for hydroxylation is 1. The first-order chi connectivity index (χ1) is 17.4. The number of carbonyl (C=O) groups excluding carboxylic acids is 2. The molecule has 1 aromatic heterocycles. The van der Waals surface area contributed by atoms with Crippen molar-refractivity contribution in [2.75, 3.05) is 44.2 Å². The van der Waals surface area contributed by atoms with Crippen molar-refractivity contribution in [1.82, 2.24) is 10.2 Å². The molecule has 0 radical (unpaired) electrons. The van der Waals surface area contributed by atoms with Crippen molar-refractivity contribution < 1.29 is 14.0 Å². The Balaban J connectivity index is 1.29. The molecule has 0 saturated carbocycles. The highest BCUT2D eigenvalue weighted by Crippen LogP contribution is 2.23. The van der Waals surface area contributed by atoms with Crippen molar-refractivity contribution in [2.24, 2.45) is 5.92 Å². The second kappa shape index (κ2) is 11.5. The fraction of sp³-hybridized carbons (Fsp3) is 0.414. The maximum Gasteiger partial charge on any atom is 0.349 e. The number of anilines is 1. The van der Waals surface area contributed by atoms with E-state index in [1.807, 2.05) is 49.4 Å². The number of rotatable bonds is 9. The van der Waals surface area contributed by atoms with Crippen molar-refractivity contribution in [3.8, 4) is 0 Å². The molecule has 1 N–H and O–H groups in total. The lowest BCUT2D eigenvalue weighted by Crippen LogP contribution is -2.41. The van der Waals surface area contributed by atoms with Crippen LogP contribution in [0.4, 0.5) is 5.69 Å². The summed E-state index contributed by atoms with van der Waals surface area (Å²) in [5.74, 6) is -0.166. The van der Waals surface area contributed by atoms with Crippen LogP contribution in [0.25, 0.3) is 11.0 Å². The van der Waals surface area contributed by atoms with E-state index in [0.29, 0.717) is 18.7 Å². The summed E-state index contributed by atoms with van der Waals surface area (Å²) in [6.45, 7) is 10.6. The van der Waals surface area contributed by atoms with Crippen molar-refractivity contribution in [1.29, 1.82) is 0 Å². The molecule has 1 amide bonds. The minimum Gasteiger partial charge on any atom is -0.422 e. The first kappa shape index (κ1) is 25.6. The van der Waals surface area contributed by atoms with Crippen LogP contribution in [0.3, 0.4) is 0 Å². The van der Waals surface area contributed by atoms with Crippen LogP contribution in [-0.4, -0.2) is 55.9 Å². The molecule has 7 nitrogen and oxygen atoms in total. The fourth-order valence-corrected chi connectivity index (χ4v) is 4.84. The minimum atomic E-state index is -0.632. The molecule has 2 heterocycles. The van der Waals surface area contributed by atoms with E-state index in [9.17, 15) is 14.4 Å². The molecule has 1 saturated heterocycles. The van der Waals surface area contributed by atoms with Crippen LogP contribution >= 0.6 is 0 Å². The van der Waals surface area contributed by atoms with Crippen LogP contribution in [0.1, 0.15) is 53.0 Å². The molecule has 7 heteroatoms. The molecule has 0 bridgehead atoms. The number of fused-ring (bicyclic) bond motifs is 1. The van der Waals surface area contributed by atoms with Gasteiger partial charge in [0.05, 0.1) is 0 Å². The molecule has 0 atom stereocenters. The summed E-state index contributed by atoms with van der Waals surface area (Å²) in [6.07, 6.45) is 1.62. The predicted molar refractivity (Wildman–Crippen MR) is 143 cm³/mol. The van der Waals surface area contributed by atoms with Crippen molar-refractivity contribution in [3.63, 3.8) is 0 Å². The number of hydrogen-bond acceptors (Lipinski definition) is 6. The van der Waals surface area contributed by atoms with Gasteiger partial charge in [-0.1, -0.05) is 29.8 Å². The molecule has 1 aliphatic heterocycles. The normalized spacial score (nSPS) is 14.6. The second-order valence-corrected chi connectivity index (χ2v) is 9.44. The highest BCUT2D eigenvalue weighted by Gasteiger charge is 2.25. The van der Waals surface area contributed by atoms with Crippen LogP contribution in [0.5, 0.6) is 0 Å². The molecule has 0 unspecified atom stereocenters. The average Bonchev–Trinajstić information content (AvgIpc) is 2.89. The van der Waals surface area contributed by atoms with E-state index in [1.165, 1.54) is 0 Å². The van der Waals surface area contributed by atoms with E-state index < -0.39 is 11.5 Å². The minimum absolute atomic E-state index is 0.0143. The molecule has 3 aromatic rings. The van der Waals surface area contributed by atoms with Crippen molar-refractivity contribution >= 4 is 28.3 Å². The highest BCUT2D eigenvalue weighted by atomic mass is 16.4. The van der Waals surface area contributed by atoms with Crippen LogP contribution < -0.4 is 15.8 Å². The lowest BCUT2D eigenvalue weighted by atomic mass is 9.88. The lowest BCUT2D eigenvalue weighted by molar-refractivity contribution is 0.0839. The number of nitrogens with zero attached hydrogens (tertiary/aromatic N) is 2. The van der Waals surface area contributed by atoms with Crippen LogP contribution in [0.15, 0.2) is 57.7 Å². The zero-order valence-corrected chi connectivity index (χ0v) is 21.4. The van der Waals surface area contributed by atoms with Gasteiger partial charge in [-0.05, 0) is 64.9 Å². The molecule has 2 aromatic carbocycles. The van der Waals surface area contributed by atoms with Gasteiger partial charge in [0.25, 0.3) is 5.91 Å². The standard InChI is InChI=1S/C29H35N3O4/c1-4-32(5-2)24-11-10-23-18-25(29(35)36-26(23)19-24)28(34)30-14-17-31-15-12-22(13-16-31)27(33)21-8-6-20(3)7-9-21/h6-11,18-19,22H,4-5,12-17H2,1-3H3,(H,30,34). The zero-order valence-electron chi connectivity index (χ0n) is 21.4. The van der Waals surface area contributed by atoms with Crippen LogP contribution in [0.2, 0.25) is 0 Å². The number of amides is 1. The Morgan fingerprint density at radius 3 is 2.39 bits per heavy atom. The average molecular weight is 490 g/mol. The van der Waals surface area contributed by atoms with Gasteiger partial charge in [0.15, 0.2) is 5.78 Å². The Labute approximate surface area is 212 Å². The third-order valence-corrected chi connectivity index (χ3v) is 7.10. The van der Waals surface area contributed by atoms with Gasteiger partial charge in [-0.2, -0.15) is 0 Å². The van der Waals surface area contributed by atoms with Crippen LogP contribution in [0, 0.1) is 12.8 Å². The SMILES string of the molecule is CCN(CC)c1ccc2cc(C(=O)NCCN3CCC(C(=O)c4ccc(C)cc4)CC3)c(=O)oc2c1. The Bertz CT molecular complexity index is 1270. The number of benzene rings is 2. The molecule has 4 rings (SSSR count). The van der Waals surface area contributed by atoms with Gasteiger partial charge in [-0.3, -0.25) is 9.59 Å². The van der Waals surface area contributed by atoms with Gasteiger partial charge in [-0.25, -0.2) is 4.79 Å². The molecule has 190 valence electrons. The number of piperidine rings is 1. The van der Waals surface area contributed by atoms with Crippen molar-refractivity contribution in [3.05, 3.63) is 75.6 Å². The monoisotopic (exact) mass is 489 g/mol. The van der Waals surface area contributed by atoms with Gasteiger partial charge in [-0.15, -0.1) is 0 Å². The number of nitrogens with one attached hydrogen (secondary N) is 1. The number of Topliss-reactive ketones (excluding diaryl/α,β-unsaturated/α-hetero) is 1. The summed E-state index contributed by atoms with van der Waals surface area (Å²) < 4.78 is 5.48. The van der Waals surface area contributed by atoms with Gasteiger partial charge in [0.2, 0.25) is 0 Å². The summed E-state index contributed by atoms with van der Waals surface area (Å²) in [4.78, 5) is 42.4. The molecule has 0 spiro atoms. The largest absolute Gasteiger partial charge is 0.422 e. The van der Waals surface area contributed by atoms with E-state index in [4.69, 9.17) is 4.42 Å². The number of carbonyl (C=O) groups is 2. The van der Waals surface area contributed by atoms with Gasteiger partial charge >= 0.3 is 5.63 Å².